The third-order valence-electron chi connectivity index (χ3n) is 10.3. The summed E-state index contributed by atoms with van der Waals surface area (Å²) in [7, 11) is 0. The molecule has 4 fully saturated rings. The molecule has 1 saturated heterocycles. The van der Waals surface area contributed by atoms with Crippen molar-refractivity contribution in [2.75, 3.05) is 13.1 Å². The number of fused-ring (bicyclic) bond motifs is 1. The van der Waals surface area contributed by atoms with Crippen LogP contribution in [0.15, 0.2) is 0 Å². The molecule has 7 atom stereocenters. The number of rotatable bonds is 4. The molecule has 0 radical (unpaired) electrons. The lowest BCUT2D eigenvalue weighted by Crippen LogP contribution is -2.59. The molecular weight excluding hydrogens is 412 g/mol. The predicted octanol–water partition coefficient (Wildman–Crippen LogP) is 4.77. The van der Waals surface area contributed by atoms with Gasteiger partial charge < -0.3 is 15.3 Å². The number of carbonyl (C=O) groups is 2. The number of nitrogens with zero attached hydrogens (tertiary/aromatic N) is 1. The molecule has 7 unspecified atom stereocenters. The van der Waals surface area contributed by atoms with E-state index in [0.717, 1.165) is 64.5 Å². The van der Waals surface area contributed by atoms with Gasteiger partial charge in [-0.3, -0.25) is 9.59 Å². The van der Waals surface area contributed by atoms with Crippen LogP contribution in [0.2, 0.25) is 0 Å². The maximum atomic E-state index is 13.3. The number of likely N-dealkylation sites (tertiary alicyclic amines) is 1. The van der Waals surface area contributed by atoms with Gasteiger partial charge in [0.2, 0.25) is 11.8 Å². The lowest BCUT2D eigenvalue weighted by molar-refractivity contribution is -0.152. The molecule has 4 aliphatic rings. The summed E-state index contributed by atoms with van der Waals surface area (Å²) in [4.78, 5) is 28.3. The molecule has 1 heterocycles. The van der Waals surface area contributed by atoms with Gasteiger partial charge in [-0.15, -0.1) is 0 Å². The quantitative estimate of drug-likeness (QED) is 0.635. The summed E-state index contributed by atoms with van der Waals surface area (Å²) < 4.78 is 0. The SMILES string of the molecule is CC1CCN(C(=O)C(C)C2CCC3(C)CCC(NC(=O)C4CCCCC4)C(C)C3C2O)CC1. The molecule has 33 heavy (non-hydrogen) atoms. The number of hydrogen-bond donors (Lipinski definition) is 2. The highest BCUT2D eigenvalue weighted by Crippen LogP contribution is 2.55. The van der Waals surface area contributed by atoms with Gasteiger partial charge in [-0.25, -0.2) is 0 Å². The largest absolute Gasteiger partial charge is 0.392 e. The second-order valence-electron chi connectivity index (χ2n) is 12.5. The van der Waals surface area contributed by atoms with Crippen LogP contribution < -0.4 is 5.32 Å². The van der Waals surface area contributed by atoms with Crippen molar-refractivity contribution in [3.63, 3.8) is 0 Å². The van der Waals surface area contributed by atoms with E-state index in [4.69, 9.17) is 0 Å². The highest BCUT2D eigenvalue weighted by Gasteiger charge is 2.54. The van der Waals surface area contributed by atoms with Gasteiger partial charge in [-0.2, -0.15) is 0 Å². The van der Waals surface area contributed by atoms with Crippen LogP contribution in [0.25, 0.3) is 0 Å². The van der Waals surface area contributed by atoms with E-state index >= 15 is 0 Å². The van der Waals surface area contributed by atoms with Crippen molar-refractivity contribution in [3.8, 4) is 0 Å². The summed E-state index contributed by atoms with van der Waals surface area (Å²) >= 11 is 0. The topological polar surface area (TPSA) is 69.6 Å². The number of hydrogen-bond acceptors (Lipinski definition) is 3. The first kappa shape index (κ1) is 25.0. The predicted molar refractivity (Wildman–Crippen MR) is 131 cm³/mol. The fourth-order valence-electron chi connectivity index (χ4n) is 7.86. The van der Waals surface area contributed by atoms with E-state index in [1.807, 2.05) is 11.8 Å². The summed E-state index contributed by atoms with van der Waals surface area (Å²) in [5, 5.41) is 15.1. The zero-order valence-electron chi connectivity index (χ0n) is 21.5. The Hall–Kier alpha value is -1.10. The molecule has 2 N–H and O–H groups in total. The standard InChI is InChI=1S/C28H48N2O3/c1-18-12-16-30(17-13-18)27(33)19(2)22-10-14-28(4)15-11-23(20(3)24(28)25(22)31)29-26(32)21-8-6-5-7-9-21/h18-25,31H,5-17H2,1-4H3,(H,29,32). The lowest BCUT2D eigenvalue weighted by Gasteiger charge is -2.56. The first-order valence-corrected chi connectivity index (χ1v) is 14.0. The summed E-state index contributed by atoms with van der Waals surface area (Å²) in [6.07, 6.45) is 11.4. The van der Waals surface area contributed by atoms with E-state index in [9.17, 15) is 14.7 Å². The first-order chi connectivity index (χ1) is 15.7. The number of aliphatic hydroxyl groups is 1. The van der Waals surface area contributed by atoms with Gasteiger partial charge in [0.1, 0.15) is 0 Å². The summed E-state index contributed by atoms with van der Waals surface area (Å²) in [6.45, 7) is 10.6. The van der Waals surface area contributed by atoms with Gasteiger partial charge in [0.05, 0.1) is 6.10 Å². The molecule has 3 saturated carbocycles. The third kappa shape index (κ3) is 5.13. The Labute approximate surface area is 201 Å². The van der Waals surface area contributed by atoms with Crippen LogP contribution in [-0.2, 0) is 9.59 Å². The smallest absolute Gasteiger partial charge is 0.225 e. The van der Waals surface area contributed by atoms with Crippen molar-refractivity contribution in [1.82, 2.24) is 10.2 Å². The molecule has 2 amide bonds. The minimum Gasteiger partial charge on any atom is -0.392 e. The van der Waals surface area contributed by atoms with Crippen molar-refractivity contribution in [3.05, 3.63) is 0 Å². The van der Waals surface area contributed by atoms with Crippen molar-refractivity contribution >= 4 is 11.8 Å². The van der Waals surface area contributed by atoms with Crippen molar-refractivity contribution in [2.24, 2.45) is 40.9 Å². The average molecular weight is 461 g/mol. The molecule has 0 bridgehead atoms. The third-order valence-corrected chi connectivity index (χ3v) is 10.3. The highest BCUT2D eigenvalue weighted by atomic mass is 16.3. The minimum absolute atomic E-state index is 0.0187. The Morgan fingerprint density at radius 2 is 1.61 bits per heavy atom. The van der Waals surface area contributed by atoms with Crippen LogP contribution >= 0.6 is 0 Å². The zero-order chi connectivity index (χ0) is 23.8. The van der Waals surface area contributed by atoms with Crippen LogP contribution in [0.3, 0.4) is 0 Å². The molecule has 3 aliphatic carbocycles. The second-order valence-corrected chi connectivity index (χ2v) is 12.5. The number of piperidine rings is 1. The Kier molecular flexibility index (Phi) is 7.77. The van der Waals surface area contributed by atoms with E-state index in [-0.39, 0.29) is 52.9 Å². The summed E-state index contributed by atoms with van der Waals surface area (Å²) in [5.41, 5.74) is 0.102. The molecule has 5 nitrogen and oxygen atoms in total. The van der Waals surface area contributed by atoms with E-state index in [1.165, 1.54) is 19.3 Å². The van der Waals surface area contributed by atoms with Gasteiger partial charge >= 0.3 is 0 Å². The first-order valence-electron chi connectivity index (χ1n) is 14.0. The van der Waals surface area contributed by atoms with E-state index in [1.54, 1.807) is 0 Å². The molecule has 0 aromatic heterocycles. The van der Waals surface area contributed by atoms with Crippen LogP contribution in [0.5, 0.6) is 0 Å². The number of carbonyl (C=O) groups excluding carboxylic acids is 2. The molecule has 5 heteroatoms. The van der Waals surface area contributed by atoms with E-state index in [2.05, 4.69) is 26.1 Å². The Morgan fingerprint density at radius 1 is 0.970 bits per heavy atom. The molecule has 1 aliphatic heterocycles. The fraction of sp³-hybridized carbons (Fsp3) is 0.929. The van der Waals surface area contributed by atoms with Crippen LogP contribution in [0, 0.1) is 40.9 Å². The van der Waals surface area contributed by atoms with Gasteiger partial charge in [0.15, 0.2) is 0 Å². The maximum Gasteiger partial charge on any atom is 0.225 e. The monoisotopic (exact) mass is 460 g/mol. The van der Waals surface area contributed by atoms with Crippen molar-refractivity contribution in [2.45, 2.75) is 110 Å². The van der Waals surface area contributed by atoms with Crippen molar-refractivity contribution < 1.29 is 14.7 Å². The number of amides is 2. The Bertz CT molecular complexity index is 697. The molecular formula is C28H48N2O3. The maximum absolute atomic E-state index is 13.3. The van der Waals surface area contributed by atoms with E-state index < -0.39 is 6.10 Å². The summed E-state index contributed by atoms with van der Waals surface area (Å²) in [6, 6.07) is 0.139. The number of aliphatic hydroxyl groups excluding tert-OH is 1. The molecule has 0 spiro atoms. The lowest BCUT2D eigenvalue weighted by atomic mass is 9.51. The van der Waals surface area contributed by atoms with Crippen LogP contribution in [-0.4, -0.2) is 47.1 Å². The van der Waals surface area contributed by atoms with Crippen LogP contribution in [0.4, 0.5) is 0 Å². The van der Waals surface area contributed by atoms with Gasteiger partial charge in [-0.05, 0) is 80.5 Å². The Balaban J connectivity index is 1.42. The zero-order valence-corrected chi connectivity index (χ0v) is 21.5. The van der Waals surface area contributed by atoms with Gasteiger partial charge in [0, 0.05) is 31.0 Å². The van der Waals surface area contributed by atoms with Gasteiger partial charge in [0.25, 0.3) is 0 Å². The van der Waals surface area contributed by atoms with Crippen LogP contribution in [0.1, 0.15) is 98.3 Å². The average Bonchev–Trinajstić information content (AvgIpc) is 2.81. The molecule has 0 aromatic carbocycles. The van der Waals surface area contributed by atoms with Gasteiger partial charge in [-0.1, -0.05) is 47.0 Å². The minimum atomic E-state index is -0.476. The van der Waals surface area contributed by atoms with E-state index in [0.29, 0.717) is 5.92 Å². The molecule has 4 rings (SSSR count). The number of nitrogens with one attached hydrogen (secondary N) is 1. The summed E-state index contributed by atoms with van der Waals surface area (Å²) in [5.74, 6) is 1.60. The molecule has 0 aromatic rings. The molecule has 188 valence electrons. The van der Waals surface area contributed by atoms with Crippen molar-refractivity contribution in [1.29, 1.82) is 0 Å². The highest BCUT2D eigenvalue weighted by molar-refractivity contribution is 5.79. The Morgan fingerprint density at radius 3 is 2.27 bits per heavy atom. The normalized spacial score (nSPS) is 39.5. The second kappa shape index (κ2) is 10.3. The fourth-order valence-corrected chi connectivity index (χ4v) is 7.86.